The molecule has 1 aromatic heterocycles. The van der Waals surface area contributed by atoms with Crippen LogP contribution in [0.2, 0.25) is 5.02 Å². The molecule has 0 bridgehead atoms. The monoisotopic (exact) mass is 418 g/mol. The molecule has 25 heavy (non-hydrogen) atoms. The van der Waals surface area contributed by atoms with Gasteiger partial charge in [0.05, 0.1) is 11.6 Å². The summed E-state index contributed by atoms with van der Waals surface area (Å²) in [7, 11) is 0. The molecule has 0 aliphatic heterocycles. The number of pyridine rings is 1. The van der Waals surface area contributed by atoms with Crippen LogP contribution in [0, 0.1) is 0 Å². The number of nitrogens with zero attached hydrogens (tertiary/aromatic N) is 1. The Morgan fingerprint density at radius 3 is 2.64 bits per heavy atom. The number of hydrogen-bond donors (Lipinski definition) is 1. The fourth-order valence-corrected chi connectivity index (χ4v) is 3.17. The van der Waals surface area contributed by atoms with Crippen molar-refractivity contribution in [1.82, 2.24) is 9.88 Å². The molecule has 1 N–H and O–H groups in total. The van der Waals surface area contributed by atoms with Crippen molar-refractivity contribution in [3.05, 3.63) is 80.0 Å². The van der Waals surface area contributed by atoms with Crippen LogP contribution in [0.3, 0.4) is 0 Å². The highest BCUT2D eigenvalue weighted by Gasteiger charge is 2.11. The quantitative estimate of drug-likeness (QED) is 0.686. The summed E-state index contributed by atoms with van der Waals surface area (Å²) in [6.07, 6.45) is 1.64. The summed E-state index contributed by atoms with van der Waals surface area (Å²) >= 11 is 9.30. The van der Waals surface area contributed by atoms with Crippen molar-refractivity contribution in [2.24, 2.45) is 0 Å². The van der Waals surface area contributed by atoms with Gasteiger partial charge in [-0.2, -0.15) is 0 Å². The fraction of sp³-hybridized carbons (Fsp3) is 0.158. The van der Waals surface area contributed by atoms with Gasteiger partial charge in [-0.3, -0.25) is 9.59 Å². The van der Waals surface area contributed by atoms with Gasteiger partial charge in [-0.1, -0.05) is 39.7 Å². The molecule has 2 aromatic carbocycles. The zero-order valence-electron chi connectivity index (χ0n) is 13.5. The first-order valence-electron chi connectivity index (χ1n) is 7.77. The summed E-state index contributed by atoms with van der Waals surface area (Å²) in [6, 6.07) is 14.1. The number of benzene rings is 2. The zero-order chi connectivity index (χ0) is 18.0. The summed E-state index contributed by atoms with van der Waals surface area (Å²) in [6.45, 7) is 2.05. The molecule has 6 heteroatoms. The fourth-order valence-electron chi connectivity index (χ4n) is 2.69. The molecule has 128 valence electrons. The minimum atomic E-state index is -0.137. The van der Waals surface area contributed by atoms with Gasteiger partial charge in [0, 0.05) is 27.1 Å². The maximum absolute atomic E-state index is 12.4. The lowest BCUT2D eigenvalue weighted by molar-refractivity contribution is -0.122. The smallest absolute Gasteiger partial charge is 0.240 e. The van der Waals surface area contributed by atoms with Crippen molar-refractivity contribution in [2.75, 3.05) is 0 Å². The van der Waals surface area contributed by atoms with E-state index in [9.17, 15) is 9.59 Å². The number of aromatic nitrogens is 1. The van der Waals surface area contributed by atoms with Crippen LogP contribution in [-0.2, 0) is 11.3 Å². The van der Waals surface area contributed by atoms with Crippen molar-refractivity contribution in [2.45, 2.75) is 19.5 Å². The van der Waals surface area contributed by atoms with E-state index >= 15 is 0 Å². The lowest BCUT2D eigenvalue weighted by Crippen LogP contribution is -2.30. The van der Waals surface area contributed by atoms with Crippen LogP contribution in [0.25, 0.3) is 10.9 Å². The van der Waals surface area contributed by atoms with Crippen LogP contribution in [0.5, 0.6) is 0 Å². The van der Waals surface area contributed by atoms with Crippen molar-refractivity contribution in [3.63, 3.8) is 0 Å². The molecule has 0 saturated heterocycles. The molecule has 4 nitrogen and oxygen atoms in total. The van der Waals surface area contributed by atoms with E-state index in [2.05, 4.69) is 21.2 Å². The molecule has 1 amide bonds. The average Bonchev–Trinajstić information content (AvgIpc) is 2.58. The number of carbonyl (C=O) groups excluding carboxylic acids is 1. The van der Waals surface area contributed by atoms with E-state index in [4.69, 9.17) is 11.6 Å². The molecule has 3 aromatic rings. The SMILES string of the molecule is CC(NC(=O)Cn1ccc(=O)c2ccc(Br)cc21)c1ccc(Cl)cc1. The molecule has 0 spiro atoms. The van der Waals surface area contributed by atoms with E-state index in [1.165, 1.54) is 6.07 Å². The van der Waals surface area contributed by atoms with Gasteiger partial charge >= 0.3 is 0 Å². The summed E-state index contributed by atoms with van der Waals surface area (Å²) in [5.74, 6) is -0.132. The molecule has 1 unspecified atom stereocenters. The van der Waals surface area contributed by atoms with E-state index in [0.29, 0.717) is 10.4 Å². The maximum atomic E-state index is 12.4. The van der Waals surface area contributed by atoms with E-state index in [-0.39, 0.29) is 23.9 Å². The molecule has 3 rings (SSSR count). The number of halogens is 2. The second-order valence-electron chi connectivity index (χ2n) is 5.81. The molecule has 0 aliphatic rings. The Hall–Kier alpha value is -2.11. The summed E-state index contributed by atoms with van der Waals surface area (Å²) in [4.78, 5) is 24.4. The second kappa shape index (κ2) is 7.42. The van der Waals surface area contributed by atoms with Crippen LogP contribution >= 0.6 is 27.5 Å². The molecular formula is C19H16BrClN2O2. The topological polar surface area (TPSA) is 51.1 Å². The van der Waals surface area contributed by atoms with Crippen LogP contribution in [-0.4, -0.2) is 10.5 Å². The average molecular weight is 420 g/mol. The maximum Gasteiger partial charge on any atom is 0.240 e. The minimum absolute atomic E-state index is 0.0614. The Labute approximate surface area is 158 Å². The Balaban J connectivity index is 1.80. The summed E-state index contributed by atoms with van der Waals surface area (Å²) in [5, 5.41) is 4.21. The van der Waals surface area contributed by atoms with Gasteiger partial charge in [0.1, 0.15) is 6.54 Å². The van der Waals surface area contributed by atoms with Crippen LogP contribution in [0.4, 0.5) is 0 Å². The normalized spacial score (nSPS) is 12.1. The number of rotatable bonds is 4. The molecule has 0 saturated carbocycles. The number of carbonyl (C=O) groups is 1. The highest BCUT2D eigenvalue weighted by molar-refractivity contribution is 9.10. The predicted molar refractivity (Wildman–Crippen MR) is 104 cm³/mol. The van der Waals surface area contributed by atoms with E-state index in [1.807, 2.05) is 31.2 Å². The van der Waals surface area contributed by atoms with Gasteiger partial charge < -0.3 is 9.88 Å². The van der Waals surface area contributed by atoms with Gasteiger partial charge in [-0.25, -0.2) is 0 Å². The first-order valence-corrected chi connectivity index (χ1v) is 8.94. The third kappa shape index (κ3) is 4.11. The zero-order valence-corrected chi connectivity index (χ0v) is 15.8. The molecule has 1 heterocycles. The number of fused-ring (bicyclic) bond motifs is 1. The largest absolute Gasteiger partial charge is 0.348 e. The molecule has 1 atom stereocenters. The van der Waals surface area contributed by atoms with Crippen molar-refractivity contribution in [3.8, 4) is 0 Å². The lowest BCUT2D eigenvalue weighted by atomic mass is 10.1. The van der Waals surface area contributed by atoms with Gasteiger partial charge in [0.15, 0.2) is 5.43 Å². The first-order chi connectivity index (χ1) is 11.9. The third-order valence-corrected chi connectivity index (χ3v) is 4.75. The summed E-state index contributed by atoms with van der Waals surface area (Å²) < 4.78 is 2.63. The summed E-state index contributed by atoms with van der Waals surface area (Å²) in [5.41, 5.74) is 1.63. The number of hydrogen-bond acceptors (Lipinski definition) is 2. The third-order valence-electron chi connectivity index (χ3n) is 4.00. The van der Waals surface area contributed by atoms with E-state index in [0.717, 1.165) is 15.6 Å². The Bertz CT molecular complexity index is 983. The van der Waals surface area contributed by atoms with Gasteiger partial charge in [-0.15, -0.1) is 0 Å². The number of amides is 1. The van der Waals surface area contributed by atoms with E-state index < -0.39 is 0 Å². The van der Waals surface area contributed by atoms with Crippen molar-refractivity contribution >= 4 is 44.3 Å². The highest BCUT2D eigenvalue weighted by Crippen LogP contribution is 2.18. The molecule has 0 radical (unpaired) electrons. The second-order valence-corrected chi connectivity index (χ2v) is 7.16. The van der Waals surface area contributed by atoms with Crippen molar-refractivity contribution in [1.29, 1.82) is 0 Å². The van der Waals surface area contributed by atoms with Crippen LogP contribution in [0.15, 0.2) is 64.0 Å². The van der Waals surface area contributed by atoms with Gasteiger partial charge in [-0.05, 0) is 42.8 Å². The van der Waals surface area contributed by atoms with E-state index in [1.54, 1.807) is 29.0 Å². The van der Waals surface area contributed by atoms with Crippen LogP contribution in [0.1, 0.15) is 18.5 Å². The van der Waals surface area contributed by atoms with Gasteiger partial charge in [0.25, 0.3) is 0 Å². The molecule has 0 aliphatic carbocycles. The Morgan fingerprint density at radius 1 is 1.20 bits per heavy atom. The highest BCUT2D eigenvalue weighted by atomic mass is 79.9. The Kier molecular flexibility index (Phi) is 5.25. The first kappa shape index (κ1) is 17.7. The minimum Gasteiger partial charge on any atom is -0.348 e. The van der Waals surface area contributed by atoms with Crippen LogP contribution < -0.4 is 10.7 Å². The predicted octanol–water partition coefficient (Wildman–Crippen LogP) is 4.29. The standard InChI is InChI=1S/C19H16BrClN2O2/c1-12(13-2-5-15(21)6-3-13)22-19(25)11-23-9-8-18(24)16-7-4-14(20)10-17(16)23/h2-10,12H,11H2,1H3,(H,22,25). The van der Waals surface area contributed by atoms with Gasteiger partial charge in [0.2, 0.25) is 5.91 Å². The lowest BCUT2D eigenvalue weighted by Gasteiger charge is -2.16. The molecule has 0 fully saturated rings. The Morgan fingerprint density at radius 2 is 1.92 bits per heavy atom. The molecular weight excluding hydrogens is 404 g/mol. The van der Waals surface area contributed by atoms with Crippen molar-refractivity contribution < 1.29 is 4.79 Å². The number of nitrogens with one attached hydrogen (secondary N) is 1.